The molecule has 0 spiro atoms. The predicted octanol–water partition coefficient (Wildman–Crippen LogP) is 11.9. The Balaban J connectivity index is 1.17. The van der Waals surface area contributed by atoms with Gasteiger partial charge in [0, 0.05) is 38.6 Å². The van der Waals surface area contributed by atoms with Crippen molar-refractivity contribution in [1.29, 1.82) is 0 Å². The SMILES string of the molecule is c1ccc(-c2nc(-c3ccc4cc5nc(-c6ccccc6)sc5cc4c3)nc(-c3ccc(-c4ccccc4)c4oc5ccccc5c34)n2)cc1. The first-order valence-electron chi connectivity index (χ1n) is 16.5. The van der Waals surface area contributed by atoms with Gasteiger partial charge in [-0.3, -0.25) is 0 Å². The van der Waals surface area contributed by atoms with E-state index < -0.39 is 0 Å². The van der Waals surface area contributed by atoms with Crippen LogP contribution in [-0.2, 0) is 0 Å². The zero-order chi connectivity index (χ0) is 33.0. The average molecular weight is 659 g/mol. The minimum Gasteiger partial charge on any atom is -0.455 e. The van der Waals surface area contributed by atoms with E-state index in [1.54, 1.807) is 11.3 Å². The summed E-state index contributed by atoms with van der Waals surface area (Å²) in [5.74, 6) is 1.82. The molecule has 0 aliphatic rings. The summed E-state index contributed by atoms with van der Waals surface area (Å²) >= 11 is 1.71. The Morgan fingerprint density at radius 3 is 1.86 bits per heavy atom. The van der Waals surface area contributed by atoms with Crippen LogP contribution >= 0.6 is 11.3 Å². The Morgan fingerprint density at radius 1 is 0.440 bits per heavy atom. The van der Waals surface area contributed by atoms with Crippen molar-refractivity contribution in [2.75, 3.05) is 0 Å². The summed E-state index contributed by atoms with van der Waals surface area (Å²) in [7, 11) is 0. The van der Waals surface area contributed by atoms with Crippen LogP contribution < -0.4 is 0 Å². The molecule has 234 valence electrons. The van der Waals surface area contributed by atoms with Gasteiger partial charge in [-0.1, -0.05) is 121 Å². The van der Waals surface area contributed by atoms with Crippen LogP contribution in [0.5, 0.6) is 0 Å². The number of benzene rings is 7. The second-order valence-corrected chi connectivity index (χ2v) is 13.3. The van der Waals surface area contributed by atoms with E-state index >= 15 is 0 Å². The largest absolute Gasteiger partial charge is 0.455 e. The number of furan rings is 1. The quantitative estimate of drug-likeness (QED) is 0.184. The van der Waals surface area contributed by atoms with Gasteiger partial charge in [-0.2, -0.15) is 0 Å². The molecule has 0 N–H and O–H groups in total. The van der Waals surface area contributed by atoms with E-state index in [4.69, 9.17) is 24.4 Å². The van der Waals surface area contributed by atoms with E-state index in [0.717, 1.165) is 81.3 Å². The maximum atomic E-state index is 6.57. The second-order valence-electron chi connectivity index (χ2n) is 12.3. The Labute approximate surface area is 291 Å². The zero-order valence-electron chi connectivity index (χ0n) is 26.6. The molecule has 6 heteroatoms. The number of para-hydroxylation sites is 1. The number of hydrogen-bond donors (Lipinski definition) is 0. The molecule has 0 fully saturated rings. The molecule has 0 aliphatic carbocycles. The third-order valence-corrected chi connectivity index (χ3v) is 10.2. The van der Waals surface area contributed by atoms with Gasteiger partial charge in [0.05, 0.1) is 10.2 Å². The van der Waals surface area contributed by atoms with E-state index in [2.05, 4.69) is 84.9 Å². The van der Waals surface area contributed by atoms with Crippen molar-refractivity contribution in [2.45, 2.75) is 0 Å². The van der Waals surface area contributed by atoms with E-state index in [1.165, 1.54) is 0 Å². The monoisotopic (exact) mass is 658 g/mol. The molecule has 3 heterocycles. The van der Waals surface area contributed by atoms with Crippen LogP contribution in [0.3, 0.4) is 0 Å². The minimum atomic E-state index is 0.593. The molecule has 0 atom stereocenters. The maximum absolute atomic E-state index is 6.57. The smallest absolute Gasteiger partial charge is 0.164 e. The molecule has 0 aliphatic heterocycles. The highest BCUT2D eigenvalue weighted by Gasteiger charge is 2.21. The van der Waals surface area contributed by atoms with Gasteiger partial charge in [-0.05, 0) is 52.7 Å². The summed E-state index contributed by atoms with van der Waals surface area (Å²) in [6.45, 7) is 0. The fourth-order valence-electron chi connectivity index (χ4n) is 6.71. The van der Waals surface area contributed by atoms with E-state index in [1.807, 2.05) is 72.8 Å². The van der Waals surface area contributed by atoms with Crippen molar-refractivity contribution in [3.8, 4) is 55.9 Å². The first-order chi connectivity index (χ1) is 24.7. The molecule has 3 aromatic heterocycles. The maximum Gasteiger partial charge on any atom is 0.164 e. The normalized spacial score (nSPS) is 11.6. The third-order valence-electron chi connectivity index (χ3n) is 9.14. The van der Waals surface area contributed by atoms with Crippen LogP contribution in [0.1, 0.15) is 0 Å². The van der Waals surface area contributed by atoms with Crippen molar-refractivity contribution in [3.05, 3.63) is 158 Å². The third kappa shape index (κ3) is 4.85. The molecule has 10 aromatic rings. The fraction of sp³-hybridized carbons (Fsp3) is 0. The van der Waals surface area contributed by atoms with Gasteiger partial charge in [0.2, 0.25) is 0 Å². The Kier molecular flexibility index (Phi) is 6.60. The Bertz CT molecular complexity index is 2860. The number of nitrogens with zero attached hydrogens (tertiary/aromatic N) is 4. The fourth-order valence-corrected chi connectivity index (χ4v) is 7.72. The molecule has 10 rings (SSSR count). The minimum absolute atomic E-state index is 0.593. The summed E-state index contributed by atoms with van der Waals surface area (Å²) < 4.78 is 7.71. The van der Waals surface area contributed by atoms with E-state index in [-0.39, 0.29) is 0 Å². The van der Waals surface area contributed by atoms with Crippen molar-refractivity contribution in [1.82, 2.24) is 19.9 Å². The molecule has 50 heavy (non-hydrogen) atoms. The number of fused-ring (bicyclic) bond motifs is 5. The summed E-state index contributed by atoms with van der Waals surface area (Å²) in [4.78, 5) is 20.3. The van der Waals surface area contributed by atoms with Crippen molar-refractivity contribution >= 4 is 54.3 Å². The van der Waals surface area contributed by atoms with E-state index in [0.29, 0.717) is 17.5 Å². The van der Waals surface area contributed by atoms with Gasteiger partial charge in [0.25, 0.3) is 0 Å². The standard InChI is InChI=1S/C44H26N4OS/c1-4-12-27(13-5-1)33-22-23-35(39-34-18-10-11-19-37(34)49-40(33)39)43-47-41(28-14-6-2-7-15-28)46-42(48-43)31-21-20-30-25-36-38(26-32(30)24-31)50-44(45-36)29-16-8-3-9-17-29/h1-26H. The molecule has 0 radical (unpaired) electrons. The zero-order valence-corrected chi connectivity index (χ0v) is 27.4. The van der Waals surface area contributed by atoms with Crippen LogP contribution in [0.25, 0.3) is 98.8 Å². The second kappa shape index (κ2) is 11.6. The number of hydrogen-bond acceptors (Lipinski definition) is 6. The number of thiazole rings is 1. The van der Waals surface area contributed by atoms with Crippen molar-refractivity contribution in [2.24, 2.45) is 0 Å². The van der Waals surface area contributed by atoms with Gasteiger partial charge in [-0.25, -0.2) is 19.9 Å². The van der Waals surface area contributed by atoms with Gasteiger partial charge in [-0.15, -0.1) is 11.3 Å². The van der Waals surface area contributed by atoms with Gasteiger partial charge < -0.3 is 4.42 Å². The van der Waals surface area contributed by atoms with Gasteiger partial charge in [0.15, 0.2) is 17.5 Å². The Morgan fingerprint density at radius 2 is 1.08 bits per heavy atom. The highest BCUT2D eigenvalue weighted by atomic mass is 32.1. The van der Waals surface area contributed by atoms with Crippen LogP contribution in [0.4, 0.5) is 0 Å². The van der Waals surface area contributed by atoms with Crippen LogP contribution in [-0.4, -0.2) is 19.9 Å². The van der Waals surface area contributed by atoms with E-state index in [9.17, 15) is 0 Å². The lowest BCUT2D eigenvalue weighted by Gasteiger charge is -2.11. The summed E-state index contributed by atoms with van der Waals surface area (Å²) in [6.07, 6.45) is 0. The lowest BCUT2D eigenvalue weighted by molar-refractivity contribution is 0.670. The molecule has 7 aromatic carbocycles. The summed E-state index contributed by atoms with van der Waals surface area (Å²) in [5.41, 5.74) is 8.61. The van der Waals surface area contributed by atoms with Crippen LogP contribution in [0.2, 0.25) is 0 Å². The molecule has 0 bridgehead atoms. The molecule has 5 nitrogen and oxygen atoms in total. The topological polar surface area (TPSA) is 64.7 Å². The van der Waals surface area contributed by atoms with Gasteiger partial charge >= 0.3 is 0 Å². The first-order valence-corrected chi connectivity index (χ1v) is 17.3. The summed E-state index contributed by atoms with van der Waals surface area (Å²) in [5, 5.41) is 5.25. The highest BCUT2D eigenvalue weighted by Crippen LogP contribution is 2.42. The highest BCUT2D eigenvalue weighted by molar-refractivity contribution is 7.21. The predicted molar refractivity (Wildman–Crippen MR) is 205 cm³/mol. The molecular weight excluding hydrogens is 633 g/mol. The van der Waals surface area contributed by atoms with Crippen LogP contribution in [0.15, 0.2) is 162 Å². The number of rotatable bonds is 5. The van der Waals surface area contributed by atoms with Crippen molar-refractivity contribution in [3.63, 3.8) is 0 Å². The molecule has 0 unspecified atom stereocenters. The molecular formula is C44H26N4OS. The first kappa shape index (κ1) is 28.5. The summed E-state index contributed by atoms with van der Waals surface area (Å²) in [6, 6.07) is 54.0. The molecule has 0 saturated heterocycles. The Hall–Kier alpha value is -6.50. The lowest BCUT2D eigenvalue weighted by atomic mass is 9.98. The molecule has 0 saturated carbocycles. The van der Waals surface area contributed by atoms with Crippen LogP contribution in [0, 0.1) is 0 Å². The lowest BCUT2D eigenvalue weighted by Crippen LogP contribution is -2.00. The number of aromatic nitrogens is 4. The average Bonchev–Trinajstić information content (AvgIpc) is 3.79. The molecule has 0 amide bonds. The van der Waals surface area contributed by atoms with Crippen molar-refractivity contribution < 1.29 is 4.42 Å². The van der Waals surface area contributed by atoms with Gasteiger partial charge in [0.1, 0.15) is 16.2 Å².